The fourth-order valence-electron chi connectivity index (χ4n) is 2.81. The maximum Gasteiger partial charge on any atom is 0.220 e. The van der Waals surface area contributed by atoms with Crippen LogP contribution in [0.3, 0.4) is 0 Å². The van der Waals surface area contributed by atoms with Gasteiger partial charge in [-0.15, -0.1) is 0 Å². The van der Waals surface area contributed by atoms with Gasteiger partial charge in [0, 0.05) is 13.0 Å². The molecule has 3 nitrogen and oxygen atoms in total. The third-order valence-corrected chi connectivity index (χ3v) is 4.23. The van der Waals surface area contributed by atoms with Crippen molar-refractivity contribution in [2.45, 2.75) is 45.4 Å². The molecule has 0 aliphatic carbocycles. The quantitative estimate of drug-likeness (QED) is 0.758. The van der Waals surface area contributed by atoms with E-state index in [-0.39, 0.29) is 5.91 Å². The molecular weight excluding hydrogens is 260 g/mol. The topological polar surface area (TPSA) is 41.1 Å². The molecule has 1 amide bonds. The van der Waals surface area contributed by atoms with Gasteiger partial charge in [0.1, 0.15) is 0 Å². The monoisotopic (exact) mass is 288 g/mol. The fraction of sp³-hybridized carbons (Fsp3) is 0.611. The van der Waals surface area contributed by atoms with Crippen molar-refractivity contribution >= 4 is 5.91 Å². The molecule has 1 saturated heterocycles. The second-order valence-corrected chi connectivity index (χ2v) is 6.21. The number of carbonyl (C=O) groups excluding carboxylic acids is 1. The maximum absolute atomic E-state index is 11.8. The fourth-order valence-corrected chi connectivity index (χ4v) is 2.81. The summed E-state index contributed by atoms with van der Waals surface area (Å²) in [6, 6.07) is 8.68. The third-order valence-electron chi connectivity index (χ3n) is 4.23. The standard InChI is InChI=1S/C18H28N2O/c1-15-8-10-16(11-9-15)5-2-3-7-18(21)20-14-17-6-4-12-19-13-17/h8-11,17,19H,2-7,12-14H2,1H3,(H,20,21). The van der Waals surface area contributed by atoms with E-state index in [2.05, 4.69) is 41.8 Å². The summed E-state index contributed by atoms with van der Waals surface area (Å²) >= 11 is 0. The highest BCUT2D eigenvalue weighted by Gasteiger charge is 2.13. The average molecular weight is 288 g/mol. The first-order valence-electron chi connectivity index (χ1n) is 8.27. The van der Waals surface area contributed by atoms with Gasteiger partial charge in [-0.3, -0.25) is 4.79 Å². The molecule has 2 N–H and O–H groups in total. The molecule has 1 aromatic carbocycles. The third kappa shape index (κ3) is 6.30. The molecule has 0 spiro atoms. The van der Waals surface area contributed by atoms with Crippen LogP contribution in [-0.2, 0) is 11.2 Å². The smallest absolute Gasteiger partial charge is 0.220 e. The number of piperidine rings is 1. The second-order valence-electron chi connectivity index (χ2n) is 6.21. The predicted molar refractivity (Wildman–Crippen MR) is 87.3 cm³/mol. The first-order chi connectivity index (χ1) is 10.2. The zero-order valence-electron chi connectivity index (χ0n) is 13.2. The van der Waals surface area contributed by atoms with Gasteiger partial charge in [0.15, 0.2) is 0 Å². The van der Waals surface area contributed by atoms with Crippen LogP contribution in [0.4, 0.5) is 0 Å². The molecule has 21 heavy (non-hydrogen) atoms. The molecule has 2 rings (SSSR count). The molecule has 1 heterocycles. The minimum absolute atomic E-state index is 0.212. The lowest BCUT2D eigenvalue weighted by molar-refractivity contribution is -0.121. The van der Waals surface area contributed by atoms with E-state index in [0.29, 0.717) is 12.3 Å². The van der Waals surface area contributed by atoms with Gasteiger partial charge in [-0.2, -0.15) is 0 Å². The SMILES string of the molecule is Cc1ccc(CCCCC(=O)NCC2CCCNC2)cc1. The van der Waals surface area contributed by atoms with Crippen molar-refractivity contribution in [3.63, 3.8) is 0 Å². The molecule has 0 saturated carbocycles. The van der Waals surface area contributed by atoms with Crippen LogP contribution >= 0.6 is 0 Å². The van der Waals surface area contributed by atoms with Gasteiger partial charge in [0.2, 0.25) is 5.91 Å². The number of aryl methyl sites for hydroxylation is 2. The van der Waals surface area contributed by atoms with Crippen LogP contribution in [-0.4, -0.2) is 25.5 Å². The van der Waals surface area contributed by atoms with Crippen LogP contribution in [0.25, 0.3) is 0 Å². The highest BCUT2D eigenvalue weighted by Crippen LogP contribution is 2.10. The van der Waals surface area contributed by atoms with Crippen molar-refractivity contribution in [1.82, 2.24) is 10.6 Å². The lowest BCUT2D eigenvalue weighted by atomic mass is 9.99. The largest absolute Gasteiger partial charge is 0.356 e. The van der Waals surface area contributed by atoms with E-state index in [1.807, 2.05) is 0 Å². The predicted octanol–water partition coefficient (Wildman–Crippen LogP) is 2.82. The Morgan fingerprint density at radius 2 is 2.10 bits per heavy atom. The second kappa shape index (κ2) is 8.83. The number of amides is 1. The molecule has 1 aromatic rings. The Morgan fingerprint density at radius 1 is 1.29 bits per heavy atom. The number of hydrogen-bond acceptors (Lipinski definition) is 2. The van der Waals surface area contributed by atoms with E-state index < -0.39 is 0 Å². The van der Waals surface area contributed by atoms with Crippen LogP contribution in [0.1, 0.15) is 43.2 Å². The number of nitrogens with one attached hydrogen (secondary N) is 2. The number of benzene rings is 1. The van der Waals surface area contributed by atoms with Crippen molar-refractivity contribution in [2.75, 3.05) is 19.6 Å². The number of hydrogen-bond donors (Lipinski definition) is 2. The van der Waals surface area contributed by atoms with Crippen LogP contribution in [0.2, 0.25) is 0 Å². The van der Waals surface area contributed by atoms with Gasteiger partial charge in [-0.25, -0.2) is 0 Å². The summed E-state index contributed by atoms with van der Waals surface area (Å²) < 4.78 is 0. The summed E-state index contributed by atoms with van der Waals surface area (Å²) in [5.74, 6) is 0.833. The van der Waals surface area contributed by atoms with Crippen molar-refractivity contribution in [2.24, 2.45) is 5.92 Å². The van der Waals surface area contributed by atoms with Crippen molar-refractivity contribution < 1.29 is 4.79 Å². The van der Waals surface area contributed by atoms with E-state index in [1.165, 1.54) is 24.0 Å². The average Bonchev–Trinajstić information content (AvgIpc) is 2.52. The minimum atomic E-state index is 0.212. The Kier molecular flexibility index (Phi) is 6.74. The summed E-state index contributed by atoms with van der Waals surface area (Å²) in [5, 5.41) is 6.46. The van der Waals surface area contributed by atoms with E-state index in [9.17, 15) is 4.79 Å². The van der Waals surface area contributed by atoms with Crippen LogP contribution in [0.15, 0.2) is 24.3 Å². The molecule has 3 heteroatoms. The molecule has 0 bridgehead atoms. The van der Waals surface area contributed by atoms with Crippen molar-refractivity contribution in [3.8, 4) is 0 Å². The van der Waals surface area contributed by atoms with Crippen LogP contribution in [0.5, 0.6) is 0 Å². The molecule has 1 atom stereocenters. The highest BCUT2D eigenvalue weighted by molar-refractivity contribution is 5.75. The summed E-state index contributed by atoms with van der Waals surface area (Å²) in [5.41, 5.74) is 2.67. The van der Waals surface area contributed by atoms with Crippen molar-refractivity contribution in [1.29, 1.82) is 0 Å². The summed E-state index contributed by atoms with van der Waals surface area (Å²) in [7, 11) is 0. The first-order valence-corrected chi connectivity index (χ1v) is 8.27. The molecule has 0 radical (unpaired) electrons. The van der Waals surface area contributed by atoms with E-state index in [0.717, 1.165) is 38.9 Å². The lowest BCUT2D eigenvalue weighted by Gasteiger charge is -2.22. The Labute approximate surface area is 128 Å². The van der Waals surface area contributed by atoms with Gasteiger partial charge in [0.05, 0.1) is 0 Å². The Bertz CT molecular complexity index is 421. The van der Waals surface area contributed by atoms with Gasteiger partial charge in [-0.1, -0.05) is 29.8 Å². The summed E-state index contributed by atoms with van der Waals surface area (Å²) in [6.45, 7) is 5.12. The first kappa shape index (κ1) is 16.0. The van der Waals surface area contributed by atoms with Gasteiger partial charge in [-0.05, 0) is 63.6 Å². The number of unbranched alkanes of at least 4 members (excludes halogenated alkanes) is 1. The normalized spacial score (nSPS) is 18.4. The highest BCUT2D eigenvalue weighted by atomic mass is 16.1. The Morgan fingerprint density at radius 3 is 2.81 bits per heavy atom. The maximum atomic E-state index is 11.8. The molecule has 1 aliphatic rings. The minimum Gasteiger partial charge on any atom is -0.356 e. The van der Waals surface area contributed by atoms with Gasteiger partial charge >= 0.3 is 0 Å². The molecule has 1 fully saturated rings. The van der Waals surface area contributed by atoms with Gasteiger partial charge in [0.25, 0.3) is 0 Å². The zero-order chi connectivity index (χ0) is 14.9. The number of rotatable bonds is 7. The Balaban J connectivity index is 1.53. The molecule has 116 valence electrons. The molecule has 1 unspecified atom stereocenters. The van der Waals surface area contributed by atoms with E-state index in [4.69, 9.17) is 0 Å². The lowest BCUT2D eigenvalue weighted by Crippen LogP contribution is -2.38. The Hall–Kier alpha value is -1.35. The van der Waals surface area contributed by atoms with Crippen LogP contribution in [0, 0.1) is 12.8 Å². The van der Waals surface area contributed by atoms with Crippen molar-refractivity contribution in [3.05, 3.63) is 35.4 Å². The molecular formula is C18H28N2O. The summed E-state index contributed by atoms with van der Waals surface area (Å²) in [4.78, 5) is 11.8. The van der Waals surface area contributed by atoms with E-state index >= 15 is 0 Å². The van der Waals surface area contributed by atoms with Crippen LogP contribution < -0.4 is 10.6 Å². The molecule has 0 aromatic heterocycles. The number of carbonyl (C=O) groups is 1. The van der Waals surface area contributed by atoms with E-state index in [1.54, 1.807) is 0 Å². The van der Waals surface area contributed by atoms with Gasteiger partial charge < -0.3 is 10.6 Å². The summed E-state index contributed by atoms with van der Waals surface area (Å²) in [6.07, 6.45) is 6.26. The zero-order valence-corrected chi connectivity index (χ0v) is 13.2. The molecule has 1 aliphatic heterocycles.